The van der Waals surface area contributed by atoms with Gasteiger partial charge in [0, 0.05) is 31.2 Å². The van der Waals surface area contributed by atoms with Gasteiger partial charge >= 0.3 is 0 Å². The second kappa shape index (κ2) is 10.2. The molecule has 1 atom stereocenters. The number of nitrogens with one attached hydrogen (secondary N) is 1. The molecule has 1 fully saturated rings. The van der Waals surface area contributed by atoms with Crippen molar-refractivity contribution in [2.75, 3.05) is 39.8 Å². The van der Waals surface area contributed by atoms with Crippen LogP contribution >= 0.6 is 0 Å². The molecule has 1 aromatic carbocycles. The third kappa shape index (κ3) is 5.04. The van der Waals surface area contributed by atoms with E-state index in [2.05, 4.69) is 17.1 Å². The number of methoxy groups -OCH3 is 1. The molecule has 0 spiro atoms. The molecule has 158 valence electrons. The monoisotopic (exact) mass is 411 g/mol. The third-order valence-corrected chi connectivity index (χ3v) is 7.45. The summed E-state index contributed by atoms with van der Waals surface area (Å²) in [6, 6.07) is 4.87. The number of carbonyl (C=O) groups is 1. The van der Waals surface area contributed by atoms with Gasteiger partial charge in [0.25, 0.3) is 5.91 Å². The van der Waals surface area contributed by atoms with Gasteiger partial charge < -0.3 is 10.1 Å². The van der Waals surface area contributed by atoms with Crippen molar-refractivity contribution in [3.8, 4) is 5.75 Å². The van der Waals surface area contributed by atoms with Crippen molar-refractivity contribution in [2.24, 2.45) is 0 Å². The van der Waals surface area contributed by atoms with E-state index in [9.17, 15) is 13.2 Å². The molecule has 0 saturated carbocycles. The molecular formula is C20H33N3O4S. The van der Waals surface area contributed by atoms with Gasteiger partial charge in [0.05, 0.1) is 7.11 Å². The second-order valence-electron chi connectivity index (χ2n) is 6.97. The van der Waals surface area contributed by atoms with E-state index in [4.69, 9.17) is 4.74 Å². The second-order valence-corrected chi connectivity index (χ2v) is 8.88. The van der Waals surface area contributed by atoms with Crippen LogP contribution < -0.4 is 10.1 Å². The van der Waals surface area contributed by atoms with Gasteiger partial charge in [0.15, 0.2) is 0 Å². The fraction of sp³-hybridized carbons (Fsp3) is 0.650. The summed E-state index contributed by atoms with van der Waals surface area (Å²) in [7, 11) is -2.30. The zero-order valence-electron chi connectivity index (χ0n) is 17.4. The van der Waals surface area contributed by atoms with Gasteiger partial charge in [-0.3, -0.25) is 9.69 Å². The first-order valence-electron chi connectivity index (χ1n) is 10.1. The molecule has 1 N–H and O–H groups in total. The molecular weight excluding hydrogens is 378 g/mol. The summed E-state index contributed by atoms with van der Waals surface area (Å²) in [5.74, 6) is -0.0248. The number of hydrogen-bond acceptors (Lipinski definition) is 5. The van der Waals surface area contributed by atoms with Crippen LogP contribution in [0.3, 0.4) is 0 Å². The topological polar surface area (TPSA) is 78.9 Å². The lowest BCUT2D eigenvalue weighted by Crippen LogP contribution is -2.42. The number of hydrogen-bond donors (Lipinski definition) is 1. The van der Waals surface area contributed by atoms with Crippen molar-refractivity contribution >= 4 is 15.9 Å². The third-order valence-electron chi connectivity index (χ3n) is 5.38. The SMILES string of the molecule is CCC(CNC(=O)c1ccc(OC)c(S(=O)(=O)N(CC)CC)c1)N1CCCC1. The number of carbonyl (C=O) groups excluding carboxylic acids is 1. The summed E-state index contributed by atoms with van der Waals surface area (Å²) < 4.78 is 32.5. The number of likely N-dealkylation sites (tertiary alicyclic amines) is 1. The minimum absolute atomic E-state index is 0.0259. The van der Waals surface area contributed by atoms with Crippen LogP contribution in [0, 0.1) is 0 Å². The molecule has 1 amide bonds. The summed E-state index contributed by atoms with van der Waals surface area (Å²) in [4.78, 5) is 15.1. The molecule has 0 aliphatic carbocycles. The molecule has 28 heavy (non-hydrogen) atoms. The number of sulfonamides is 1. The number of nitrogens with zero attached hydrogens (tertiary/aromatic N) is 2. The van der Waals surface area contributed by atoms with Crippen molar-refractivity contribution in [1.82, 2.24) is 14.5 Å². The highest BCUT2D eigenvalue weighted by Gasteiger charge is 2.27. The van der Waals surface area contributed by atoms with Crippen LogP contribution in [0.25, 0.3) is 0 Å². The first-order valence-corrected chi connectivity index (χ1v) is 11.5. The Bertz CT molecular complexity index is 757. The predicted molar refractivity (Wildman–Crippen MR) is 110 cm³/mol. The van der Waals surface area contributed by atoms with Crippen molar-refractivity contribution in [2.45, 2.75) is 51.0 Å². The van der Waals surface area contributed by atoms with Crippen molar-refractivity contribution in [3.05, 3.63) is 23.8 Å². The lowest BCUT2D eigenvalue weighted by Gasteiger charge is -2.26. The maximum absolute atomic E-state index is 12.9. The predicted octanol–water partition coefficient (Wildman–Crippen LogP) is 2.33. The van der Waals surface area contributed by atoms with E-state index in [1.54, 1.807) is 26.0 Å². The van der Waals surface area contributed by atoms with Crippen LogP contribution in [0.5, 0.6) is 5.75 Å². The molecule has 1 unspecified atom stereocenters. The highest BCUT2D eigenvalue weighted by Crippen LogP contribution is 2.28. The molecule has 0 bridgehead atoms. The molecule has 8 heteroatoms. The molecule has 0 aromatic heterocycles. The first-order chi connectivity index (χ1) is 13.4. The zero-order chi connectivity index (χ0) is 20.7. The Hall–Kier alpha value is -1.64. The standard InChI is InChI=1S/C20H33N3O4S/c1-5-17(22-12-8-9-13-22)15-21-20(24)16-10-11-18(27-4)19(14-16)28(25,26)23(6-2)7-3/h10-11,14,17H,5-9,12-13,15H2,1-4H3,(H,21,24). The van der Waals surface area contributed by atoms with Crippen LogP contribution in [0.2, 0.25) is 0 Å². The van der Waals surface area contributed by atoms with Crippen molar-refractivity contribution < 1.29 is 17.9 Å². The van der Waals surface area contributed by atoms with Crippen LogP contribution in [-0.4, -0.2) is 69.4 Å². The van der Waals surface area contributed by atoms with Crippen LogP contribution in [-0.2, 0) is 10.0 Å². The van der Waals surface area contributed by atoms with E-state index in [1.165, 1.54) is 30.3 Å². The molecule has 1 heterocycles. The highest BCUT2D eigenvalue weighted by atomic mass is 32.2. The summed E-state index contributed by atoms with van der Waals surface area (Å²) in [6.45, 7) is 9.10. The molecule has 1 saturated heterocycles. The maximum Gasteiger partial charge on any atom is 0.251 e. The Kier molecular flexibility index (Phi) is 8.27. The van der Waals surface area contributed by atoms with Gasteiger partial charge in [-0.1, -0.05) is 20.8 Å². The number of amides is 1. The molecule has 2 rings (SSSR count). The van der Waals surface area contributed by atoms with E-state index in [1.807, 2.05) is 0 Å². The number of rotatable bonds is 10. The lowest BCUT2D eigenvalue weighted by molar-refractivity contribution is 0.0937. The molecule has 1 aliphatic rings. The van der Waals surface area contributed by atoms with Gasteiger partial charge in [-0.05, 0) is 50.6 Å². The lowest BCUT2D eigenvalue weighted by atomic mass is 10.1. The minimum atomic E-state index is -3.73. The smallest absolute Gasteiger partial charge is 0.251 e. The van der Waals surface area contributed by atoms with Gasteiger partial charge in [-0.15, -0.1) is 0 Å². The van der Waals surface area contributed by atoms with E-state index < -0.39 is 10.0 Å². The molecule has 1 aliphatic heterocycles. The Morgan fingerprint density at radius 2 is 1.86 bits per heavy atom. The molecule has 0 radical (unpaired) electrons. The van der Waals surface area contributed by atoms with Crippen molar-refractivity contribution in [1.29, 1.82) is 0 Å². The summed E-state index contributed by atoms with van der Waals surface area (Å²) >= 11 is 0. The molecule has 1 aromatic rings. The maximum atomic E-state index is 12.9. The van der Waals surface area contributed by atoms with Crippen molar-refractivity contribution in [3.63, 3.8) is 0 Å². The van der Waals surface area contributed by atoms with Crippen LogP contribution in [0.4, 0.5) is 0 Å². The minimum Gasteiger partial charge on any atom is -0.495 e. The van der Waals surface area contributed by atoms with E-state index >= 15 is 0 Å². The number of benzene rings is 1. The van der Waals surface area contributed by atoms with Crippen LogP contribution in [0.15, 0.2) is 23.1 Å². The Labute approximate surface area is 169 Å². The zero-order valence-corrected chi connectivity index (χ0v) is 18.2. The summed E-state index contributed by atoms with van der Waals surface area (Å²) in [5.41, 5.74) is 0.322. The fourth-order valence-electron chi connectivity index (χ4n) is 3.67. The van der Waals surface area contributed by atoms with E-state index in [-0.39, 0.29) is 16.6 Å². The summed E-state index contributed by atoms with van der Waals surface area (Å²) in [5, 5.41) is 2.97. The summed E-state index contributed by atoms with van der Waals surface area (Å²) in [6.07, 6.45) is 3.37. The van der Waals surface area contributed by atoms with E-state index in [0.717, 1.165) is 19.5 Å². The first kappa shape index (κ1) is 22.6. The van der Waals surface area contributed by atoms with Crippen LogP contribution in [0.1, 0.15) is 50.4 Å². The van der Waals surface area contributed by atoms with Gasteiger partial charge in [0.1, 0.15) is 10.6 Å². The highest BCUT2D eigenvalue weighted by molar-refractivity contribution is 7.89. The Morgan fingerprint density at radius 3 is 2.39 bits per heavy atom. The van der Waals surface area contributed by atoms with E-state index in [0.29, 0.717) is 31.2 Å². The fourth-order valence-corrected chi connectivity index (χ4v) is 5.31. The normalized spacial score (nSPS) is 16.3. The average molecular weight is 412 g/mol. The molecule has 7 nitrogen and oxygen atoms in total. The average Bonchev–Trinajstić information content (AvgIpc) is 3.23. The Morgan fingerprint density at radius 1 is 1.21 bits per heavy atom. The van der Waals surface area contributed by atoms with Gasteiger partial charge in [-0.25, -0.2) is 8.42 Å². The van der Waals surface area contributed by atoms with Gasteiger partial charge in [0.2, 0.25) is 10.0 Å². The number of ether oxygens (including phenoxy) is 1. The Balaban J connectivity index is 2.20. The largest absolute Gasteiger partial charge is 0.495 e. The van der Waals surface area contributed by atoms with Gasteiger partial charge in [-0.2, -0.15) is 4.31 Å². The quantitative estimate of drug-likeness (QED) is 0.639.